The summed E-state index contributed by atoms with van der Waals surface area (Å²) in [6.07, 6.45) is 6.21. The summed E-state index contributed by atoms with van der Waals surface area (Å²) in [5.74, 6) is 0.446. The molecule has 0 aliphatic heterocycles. The molecule has 6 heteroatoms. The van der Waals surface area contributed by atoms with Gasteiger partial charge in [0.1, 0.15) is 5.82 Å². The zero-order chi connectivity index (χ0) is 14.8. The second kappa shape index (κ2) is 6.18. The van der Waals surface area contributed by atoms with Crippen LogP contribution in [0.15, 0.2) is 16.7 Å². The molecule has 108 valence electrons. The number of carbonyl (C=O) groups excluding carboxylic acids is 1. The quantitative estimate of drug-likeness (QED) is 0.816. The third-order valence-corrected chi connectivity index (χ3v) is 4.71. The minimum absolute atomic E-state index is 0.123. The molecule has 4 nitrogen and oxygen atoms in total. The van der Waals surface area contributed by atoms with Gasteiger partial charge in [0, 0.05) is 10.7 Å². The topological polar surface area (TPSA) is 68.0 Å². The van der Waals surface area contributed by atoms with Crippen molar-refractivity contribution in [3.8, 4) is 0 Å². The highest BCUT2D eigenvalue weighted by Gasteiger charge is 2.42. The van der Waals surface area contributed by atoms with Crippen molar-refractivity contribution in [1.29, 1.82) is 0 Å². The van der Waals surface area contributed by atoms with Gasteiger partial charge in [0.2, 0.25) is 5.91 Å². The molecule has 0 aromatic carbocycles. The second-order valence-electron chi connectivity index (χ2n) is 5.28. The Morgan fingerprint density at radius 2 is 2.10 bits per heavy atom. The number of nitrogens with two attached hydrogens (primary N) is 1. The van der Waals surface area contributed by atoms with Gasteiger partial charge in [-0.1, -0.05) is 31.5 Å². The van der Waals surface area contributed by atoms with E-state index in [1.807, 2.05) is 13.0 Å². The maximum Gasteiger partial charge on any atom is 0.238 e. The van der Waals surface area contributed by atoms with Gasteiger partial charge in [0.05, 0.1) is 10.4 Å². The molecule has 1 fully saturated rings. The number of aromatic nitrogens is 1. The third-order valence-electron chi connectivity index (χ3n) is 3.89. The van der Waals surface area contributed by atoms with Crippen molar-refractivity contribution in [2.45, 2.75) is 39.0 Å². The van der Waals surface area contributed by atoms with Gasteiger partial charge in [-0.15, -0.1) is 0 Å². The fourth-order valence-corrected chi connectivity index (χ4v) is 3.38. The molecule has 20 heavy (non-hydrogen) atoms. The van der Waals surface area contributed by atoms with Gasteiger partial charge in [-0.05, 0) is 47.3 Å². The highest BCUT2D eigenvalue weighted by Crippen LogP contribution is 2.38. The molecule has 1 amide bonds. The fraction of sp³-hybridized carbons (Fsp3) is 0.500. The first-order valence-electron chi connectivity index (χ1n) is 6.69. The van der Waals surface area contributed by atoms with Gasteiger partial charge in [-0.2, -0.15) is 0 Å². The van der Waals surface area contributed by atoms with E-state index in [0.717, 1.165) is 42.1 Å². The normalized spacial score (nSPS) is 17.5. The molecule has 1 heterocycles. The van der Waals surface area contributed by atoms with Gasteiger partial charge in [-0.25, -0.2) is 4.98 Å². The number of hydrogen-bond acceptors (Lipinski definition) is 3. The number of aryl methyl sites for hydroxylation is 1. The number of pyridine rings is 1. The lowest BCUT2D eigenvalue weighted by Crippen LogP contribution is -2.47. The summed E-state index contributed by atoms with van der Waals surface area (Å²) in [6.45, 7) is 1.90. The third kappa shape index (κ3) is 3.01. The summed E-state index contributed by atoms with van der Waals surface area (Å²) in [5, 5.41) is 2.89. The molecule has 0 saturated heterocycles. The lowest BCUT2D eigenvalue weighted by molar-refractivity contribution is -0.123. The summed E-state index contributed by atoms with van der Waals surface area (Å²) >= 11 is 8.52. The number of carbonyl (C=O) groups is 1. The van der Waals surface area contributed by atoms with E-state index >= 15 is 0 Å². The van der Waals surface area contributed by atoms with E-state index in [4.69, 9.17) is 18.0 Å². The lowest BCUT2D eigenvalue weighted by atomic mass is 9.73. The van der Waals surface area contributed by atoms with Crippen molar-refractivity contribution >= 4 is 44.9 Å². The predicted molar refractivity (Wildman–Crippen MR) is 87.6 cm³/mol. The van der Waals surface area contributed by atoms with Crippen LogP contribution in [-0.4, -0.2) is 15.9 Å². The standard InChI is InChI=1S/C14H18BrN3OS/c1-9-7-10(15)8-17-11(9)18-13(19)14(12(16)20)5-3-2-4-6-14/h7-8H,2-6H2,1H3,(H2,16,20)(H,17,18,19). The number of halogens is 1. The maximum absolute atomic E-state index is 12.6. The van der Waals surface area contributed by atoms with Crippen LogP contribution < -0.4 is 11.1 Å². The summed E-state index contributed by atoms with van der Waals surface area (Å²) in [6, 6.07) is 1.91. The number of nitrogens with zero attached hydrogens (tertiary/aromatic N) is 1. The minimum atomic E-state index is -0.714. The van der Waals surface area contributed by atoms with Crippen LogP contribution in [0.4, 0.5) is 5.82 Å². The molecule has 1 saturated carbocycles. The highest BCUT2D eigenvalue weighted by molar-refractivity contribution is 9.10. The minimum Gasteiger partial charge on any atom is -0.392 e. The first-order chi connectivity index (χ1) is 9.45. The van der Waals surface area contributed by atoms with Crippen LogP contribution in [-0.2, 0) is 4.79 Å². The average molecular weight is 356 g/mol. The second-order valence-corrected chi connectivity index (χ2v) is 6.64. The molecule has 0 radical (unpaired) electrons. The van der Waals surface area contributed by atoms with E-state index in [0.29, 0.717) is 10.8 Å². The molecule has 1 aliphatic rings. The van der Waals surface area contributed by atoms with Crippen LogP contribution >= 0.6 is 28.1 Å². The summed E-state index contributed by atoms with van der Waals surface area (Å²) in [7, 11) is 0. The van der Waals surface area contributed by atoms with Crippen LogP contribution in [0.5, 0.6) is 0 Å². The number of thiocarbonyl (C=S) groups is 1. The molecule has 1 aromatic rings. The van der Waals surface area contributed by atoms with Crippen LogP contribution in [0.25, 0.3) is 0 Å². The molecular formula is C14H18BrN3OS. The Morgan fingerprint density at radius 1 is 1.45 bits per heavy atom. The zero-order valence-electron chi connectivity index (χ0n) is 11.4. The number of hydrogen-bond donors (Lipinski definition) is 2. The highest BCUT2D eigenvalue weighted by atomic mass is 79.9. The Hall–Kier alpha value is -1.01. The maximum atomic E-state index is 12.6. The number of nitrogens with one attached hydrogen (secondary N) is 1. The monoisotopic (exact) mass is 355 g/mol. The van der Waals surface area contributed by atoms with Crippen LogP contribution in [0.2, 0.25) is 0 Å². The van der Waals surface area contributed by atoms with E-state index in [1.54, 1.807) is 6.20 Å². The number of amides is 1. The van der Waals surface area contributed by atoms with Gasteiger partial charge in [0.15, 0.2) is 0 Å². The Balaban J connectivity index is 2.22. The predicted octanol–water partition coefficient (Wildman–Crippen LogP) is 3.33. The van der Waals surface area contributed by atoms with Crippen molar-refractivity contribution in [2.75, 3.05) is 5.32 Å². The Bertz CT molecular complexity index is 541. The summed E-state index contributed by atoms with van der Waals surface area (Å²) < 4.78 is 0.884. The van der Waals surface area contributed by atoms with Gasteiger partial charge >= 0.3 is 0 Å². The van der Waals surface area contributed by atoms with Crippen LogP contribution in [0, 0.1) is 12.3 Å². The van der Waals surface area contributed by atoms with Crippen molar-refractivity contribution in [2.24, 2.45) is 11.1 Å². The van der Waals surface area contributed by atoms with Gasteiger partial charge in [0.25, 0.3) is 0 Å². The van der Waals surface area contributed by atoms with Crippen molar-refractivity contribution in [3.63, 3.8) is 0 Å². The lowest BCUT2D eigenvalue weighted by Gasteiger charge is -2.34. The molecule has 0 atom stereocenters. The molecule has 0 bridgehead atoms. The Labute approximate surface area is 132 Å². The molecule has 3 N–H and O–H groups in total. The number of anilines is 1. The van der Waals surface area contributed by atoms with E-state index in [-0.39, 0.29) is 5.91 Å². The Kier molecular flexibility index (Phi) is 4.75. The molecule has 1 aliphatic carbocycles. The molecular weight excluding hydrogens is 338 g/mol. The molecule has 0 unspecified atom stereocenters. The summed E-state index contributed by atoms with van der Waals surface area (Å²) in [5.41, 5.74) is 6.05. The fourth-order valence-electron chi connectivity index (χ4n) is 2.64. The van der Waals surface area contributed by atoms with E-state index in [9.17, 15) is 4.79 Å². The molecule has 2 rings (SSSR count). The smallest absolute Gasteiger partial charge is 0.238 e. The summed E-state index contributed by atoms with van der Waals surface area (Å²) in [4.78, 5) is 17.2. The SMILES string of the molecule is Cc1cc(Br)cnc1NC(=O)C1(C(N)=S)CCCCC1. The molecule has 0 spiro atoms. The zero-order valence-corrected chi connectivity index (χ0v) is 13.8. The van der Waals surface area contributed by atoms with E-state index < -0.39 is 5.41 Å². The van der Waals surface area contributed by atoms with E-state index in [1.165, 1.54) is 0 Å². The van der Waals surface area contributed by atoms with Crippen molar-refractivity contribution in [1.82, 2.24) is 4.98 Å². The van der Waals surface area contributed by atoms with Gasteiger partial charge < -0.3 is 11.1 Å². The Morgan fingerprint density at radius 3 is 2.65 bits per heavy atom. The van der Waals surface area contributed by atoms with E-state index in [2.05, 4.69) is 26.2 Å². The first kappa shape index (κ1) is 15.4. The van der Waals surface area contributed by atoms with Crippen LogP contribution in [0.3, 0.4) is 0 Å². The number of rotatable bonds is 3. The van der Waals surface area contributed by atoms with Gasteiger partial charge in [-0.3, -0.25) is 4.79 Å². The average Bonchev–Trinajstić information content (AvgIpc) is 2.42. The largest absolute Gasteiger partial charge is 0.392 e. The first-order valence-corrected chi connectivity index (χ1v) is 7.89. The molecule has 1 aromatic heterocycles. The van der Waals surface area contributed by atoms with Crippen molar-refractivity contribution < 1.29 is 4.79 Å². The van der Waals surface area contributed by atoms with Crippen molar-refractivity contribution in [3.05, 3.63) is 22.3 Å². The van der Waals surface area contributed by atoms with Crippen LogP contribution in [0.1, 0.15) is 37.7 Å².